The first kappa shape index (κ1) is 22.4. The molecule has 8 heteroatoms. The Balaban J connectivity index is 2.06. The van der Waals surface area contributed by atoms with E-state index in [1.165, 1.54) is 12.1 Å². The van der Waals surface area contributed by atoms with Crippen LogP contribution < -0.4 is 10.5 Å². The normalized spacial score (nSPS) is 12.8. The number of carbonyl (C=O) groups excluding carboxylic acids is 1. The van der Waals surface area contributed by atoms with Crippen LogP contribution in [-0.4, -0.2) is 38.9 Å². The second-order valence-electron chi connectivity index (χ2n) is 6.43. The molecule has 0 aliphatic carbocycles. The van der Waals surface area contributed by atoms with E-state index in [0.717, 1.165) is 18.7 Å². The lowest BCUT2D eigenvalue weighted by Crippen LogP contribution is -2.38. The number of hydrogen-bond donors (Lipinski definition) is 2. The van der Waals surface area contributed by atoms with E-state index in [1.54, 1.807) is 12.1 Å². The smallest absolute Gasteiger partial charge is 0.238 e. The Bertz CT molecular complexity index is 897. The number of likely N-dealkylation sites (N-methyl/N-ethyl adjacent to an activating group) is 1. The van der Waals surface area contributed by atoms with Gasteiger partial charge in [0.2, 0.25) is 15.9 Å². The molecule has 0 aromatic heterocycles. The average Bonchev–Trinajstić information content (AvgIpc) is 2.65. The lowest BCUT2D eigenvalue weighted by Gasteiger charge is -2.31. The number of hydrogen-bond acceptors (Lipinski definition) is 4. The van der Waals surface area contributed by atoms with Crippen molar-refractivity contribution in [2.45, 2.75) is 31.2 Å². The minimum absolute atomic E-state index is 0.0250. The second-order valence-corrected chi connectivity index (χ2v) is 8.40. The third-order valence-corrected chi connectivity index (χ3v) is 5.90. The molecule has 0 fully saturated rings. The predicted molar refractivity (Wildman–Crippen MR) is 112 cm³/mol. The van der Waals surface area contributed by atoms with Gasteiger partial charge in [-0.05, 0) is 42.4 Å². The minimum atomic E-state index is -3.74. The van der Waals surface area contributed by atoms with E-state index in [0.29, 0.717) is 17.1 Å². The Morgan fingerprint density at radius 3 is 2.25 bits per heavy atom. The van der Waals surface area contributed by atoms with E-state index in [9.17, 15) is 13.2 Å². The summed E-state index contributed by atoms with van der Waals surface area (Å²) in [6.07, 6.45) is 0.151. The van der Waals surface area contributed by atoms with Crippen molar-refractivity contribution in [2.24, 2.45) is 5.14 Å². The molecule has 0 bridgehead atoms. The fraction of sp³-hybridized carbons (Fsp3) is 0.350. The molecular formula is C20H26ClN3O3S. The Kier molecular flexibility index (Phi) is 8.00. The molecule has 28 heavy (non-hydrogen) atoms. The lowest BCUT2D eigenvalue weighted by molar-refractivity contribution is -0.120. The van der Waals surface area contributed by atoms with Crippen molar-refractivity contribution in [2.75, 3.05) is 19.6 Å². The molecular weight excluding hydrogens is 398 g/mol. The van der Waals surface area contributed by atoms with Gasteiger partial charge in [0.1, 0.15) is 0 Å². The number of primary sulfonamides is 1. The van der Waals surface area contributed by atoms with Gasteiger partial charge in [-0.2, -0.15) is 0 Å². The van der Waals surface area contributed by atoms with Crippen molar-refractivity contribution in [3.8, 4) is 0 Å². The molecule has 152 valence electrons. The molecule has 0 aliphatic rings. The average molecular weight is 424 g/mol. The van der Waals surface area contributed by atoms with Crippen LogP contribution in [0.2, 0.25) is 5.02 Å². The number of rotatable bonds is 9. The summed E-state index contributed by atoms with van der Waals surface area (Å²) in [6.45, 7) is 6.23. The Hall–Kier alpha value is -1.93. The summed E-state index contributed by atoms with van der Waals surface area (Å²) in [5.74, 6) is -0.146. The quantitative estimate of drug-likeness (QED) is 0.648. The molecule has 0 saturated heterocycles. The topological polar surface area (TPSA) is 92.5 Å². The highest BCUT2D eigenvalue weighted by Gasteiger charge is 2.21. The van der Waals surface area contributed by atoms with Crippen molar-refractivity contribution in [3.05, 3.63) is 64.7 Å². The van der Waals surface area contributed by atoms with Gasteiger partial charge in [0.05, 0.1) is 17.4 Å². The molecule has 1 atom stereocenters. The third-order valence-electron chi connectivity index (χ3n) is 4.63. The number of amides is 1. The van der Waals surface area contributed by atoms with Gasteiger partial charge in [0, 0.05) is 11.6 Å². The first-order chi connectivity index (χ1) is 13.3. The van der Waals surface area contributed by atoms with Gasteiger partial charge in [0.25, 0.3) is 0 Å². The number of benzene rings is 2. The molecule has 2 aromatic carbocycles. The van der Waals surface area contributed by atoms with Crippen LogP contribution in [0.15, 0.2) is 53.4 Å². The molecule has 6 nitrogen and oxygen atoms in total. The predicted octanol–water partition coefficient (Wildman–Crippen LogP) is 2.73. The van der Waals surface area contributed by atoms with E-state index in [1.807, 2.05) is 24.3 Å². The molecule has 0 spiro atoms. The summed E-state index contributed by atoms with van der Waals surface area (Å²) in [5, 5.41) is 8.73. The van der Waals surface area contributed by atoms with Crippen molar-refractivity contribution in [1.82, 2.24) is 10.2 Å². The molecule has 3 N–H and O–H groups in total. The van der Waals surface area contributed by atoms with E-state index in [2.05, 4.69) is 24.1 Å². The van der Waals surface area contributed by atoms with Crippen molar-refractivity contribution in [3.63, 3.8) is 0 Å². The molecule has 1 unspecified atom stereocenters. The van der Waals surface area contributed by atoms with Crippen LogP contribution >= 0.6 is 11.6 Å². The van der Waals surface area contributed by atoms with Gasteiger partial charge in [0.15, 0.2) is 0 Å². The fourth-order valence-corrected chi connectivity index (χ4v) is 3.88. The van der Waals surface area contributed by atoms with Crippen LogP contribution in [0.5, 0.6) is 0 Å². The van der Waals surface area contributed by atoms with E-state index in [-0.39, 0.29) is 23.3 Å². The summed E-state index contributed by atoms with van der Waals surface area (Å²) < 4.78 is 22.6. The largest absolute Gasteiger partial charge is 0.354 e. The minimum Gasteiger partial charge on any atom is -0.354 e. The molecule has 0 heterocycles. The van der Waals surface area contributed by atoms with Gasteiger partial charge < -0.3 is 5.32 Å². The first-order valence-corrected chi connectivity index (χ1v) is 11.1. The zero-order valence-corrected chi connectivity index (χ0v) is 17.6. The molecule has 0 aliphatic heterocycles. The number of nitrogens with one attached hydrogen (secondary N) is 1. The summed E-state index contributed by atoms with van der Waals surface area (Å²) in [7, 11) is -3.74. The van der Waals surface area contributed by atoms with E-state index in [4.69, 9.17) is 16.7 Å². The monoisotopic (exact) mass is 423 g/mol. The number of halogens is 1. The van der Waals surface area contributed by atoms with Gasteiger partial charge >= 0.3 is 0 Å². The van der Waals surface area contributed by atoms with Crippen molar-refractivity contribution in [1.29, 1.82) is 0 Å². The van der Waals surface area contributed by atoms with Crippen LogP contribution in [0.25, 0.3) is 0 Å². The molecule has 2 rings (SSSR count). The standard InChI is InChI=1S/C20H26ClN3O3S/c1-3-24(4-2)19(17-7-5-6-8-18(17)21)14-23-20(25)13-15-9-11-16(12-10-15)28(22,26)27/h5-12,19H,3-4,13-14H2,1-2H3,(H,23,25)(H2,22,26,27). The molecule has 0 radical (unpaired) electrons. The Morgan fingerprint density at radius 2 is 1.71 bits per heavy atom. The van der Waals surface area contributed by atoms with E-state index >= 15 is 0 Å². The summed E-state index contributed by atoms with van der Waals surface area (Å²) in [5.41, 5.74) is 1.69. The van der Waals surface area contributed by atoms with Crippen LogP contribution in [-0.2, 0) is 21.2 Å². The SMILES string of the molecule is CCN(CC)C(CNC(=O)Cc1ccc(S(N)(=O)=O)cc1)c1ccccc1Cl. The maximum absolute atomic E-state index is 12.4. The highest BCUT2D eigenvalue weighted by molar-refractivity contribution is 7.89. The Labute approximate surface area is 171 Å². The molecule has 1 amide bonds. The number of carbonyl (C=O) groups is 1. The van der Waals surface area contributed by atoms with E-state index < -0.39 is 10.0 Å². The third kappa shape index (κ3) is 6.04. The van der Waals surface area contributed by atoms with Gasteiger partial charge in [-0.3, -0.25) is 9.69 Å². The van der Waals surface area contributed by atoms with Crippen LogP contribution in [0.4, 0.5) is 0 Å². The summed E-state index contributed by atoms with van der Waals surface area (Å²) in [6, 6.07) is 13.6. The van der Waals surface area contributed by atoms with Crippen molar-refractivity contribution >= 4 is 27.5 Å². The fourth-order valence-electron chi connectivity index (χ4n) is 3.10. The second kappa shape index (κ2) is 10.0. The van der Waals surface area contributed by atoms with Gasteiger partial charge in [-0.1, -0.05) is 55.8 Å². The number of nitrogens with two attached hydrogens (primary N) is 1. The van der Waals surface area contributed by atoms with Gasteiger partial charge in [-0.15, -0.1) is 0 Å². The summed E-state index contributed by atoms with van der Waals surface area (Å²) >= 11 is 6.38. The maximum atomic E-state index is 12.4. The zero-order chi connectivity index (χ0) is 20.7. The van der Waals surface area contributed by atoms with Gasteiger partial charge in [-0.25, -0.2) is 13.6 Å². The highest BCUT2D eigenvalue weighted by atomic mass is 35.5. The highest BCUT2D eigenvalue weighted by Crippen LogP contribution is 2.27. The Morgan fingerprint density at radius 1 is 1.11 bits per heavy atom. The first-order valence-electron chi connectivity index (χ1n) is 9.13. The number of sulfonamides is 1. The van der Waals surface area contributed by atoms with Crippen molar-refractivity contribution < 1.29 is 13.2 Å². The molecule has 2 aromatic rings. The summed E-state index contributed by atoms with van der Waals surface area (Å²) in [4.78, 5) is 14.7. The van der Waals surface area contributed by atoms with Crippen LogP contribution in [0, 0.1) is 0 Å². The molecule has 0 saturated carbocycles. The number of nitrogens with zero attached hydrogens (tertiary/aromatic N) is 1. The van der Waals surface area contributed by atoms with Crippen LogP contribution in [0.1, 0.15) is 31.0 Å². The lowest BCUT2D eigenvalue weighted by atomic mass is 10.0. The zero-order valence-electron chi connectivity index (χ0n) is 16.1. The van der Waals surface area contributed by atoms with Crippen LogP contribution in [0.3, 0.4) is 0 Å². The maximum Gasteiger partial charge on any atom is 0.238 e.